The highest BCUT2D eigenvalue weighted by atomic mass is 16.1. The van der Waals surface area contributed by atoms with Gasteiger partial charge in [0.2, 0.25) is 0 Å². The van der Waals surface area contributed by atoms with Crippen LogP contribution < -0.4 is 5.73 Å². The Labute approximate surface area is 66.0 Å². The highest BCUT2D eigenvalue weighted by Crippen LogP contribution is 2.08. The van der Waals surface area contributed by atoms with Gasteiger partial charge in [-0.25, -0.2) is 0 Å². The number of nitrogens with two attached hydrogens (primary N) is 1. The molecule has 1 aromatic rings. The van der Waals surface area contributed by atoms with E-state index in [4.69, 9.17) is 5.73 Å². The lowest BCUT2D eigenvalue weighted by molar-refractivity contribution is -0.115. The second-order valence-electron chi connectivity index (χ2n) is 2.34. The molecule has 1 aromatic carbocycles. The molecule has 0 aromatic heterocycles. The van der Waals surface area contributed by atoms with E-state index in [0.717, 1.165) is 5.56 Å². The van der Waals surface area contributed by atoms with Crippen LogP contribution in [0.5, 0.6) is 0 Å². The third kappa shape index (κ3) is 1.88. The number of benzene rings is 1. The maximum absolute atomic E-state index is 10.8. The van der Waals surface area contributed by atoms with E-state index in [2.05, 4.69) is 0 Å². The standard InChI is InChI=1S/C9H10NO/c1-7(11)9(10)8-5-3-2-4-6-8/h2-6H,10H2,1H3. The fourth-order valence-corrected chi connectivity index (χ4v) is 0.821. The first-order valence-corrected chi connectivity index (χ1v) is 3.40. The van der Waals surface area contributed by atoms with Gasteiger partial charge < -0.3 is 5.73 Å². The summed E-state index contributed by atoms with van der Waals surface area (Å²) in [5.74, 6) is -0.0869. The Morgan fingerprint density at radius 1 is 1.27 bits per heavy atom. The molecule has 0 amide bonds. The molecule has 2 heteroatoms. The molecule has 0 saturated heterocycles. The van der Waals surface area contributed by atoms with Crippen molar-refractivity contribution in [1.29, 1.82) is 0 Å². The first-order chi connectivity index (χ1) is 5.22. The van der Waals surface area contributed by atoms with Crippen molar-refractivity contribution in [2.75, 3.05) is 0 Å². The van der Waals surface area contributed by atoms with Gasteiger partial charge in [0.1, 0.15) is 6.04 Å². The number of hydrogen-bond donors (Lipinski definition) is 1. The van der Waals surface area contributed by atoms with Gasteiger partial charge in [-0.15, -0.1) is 0 Å². The summed E-state index contributed by atoms with van der Waals surface area (Å²) < 4.78 is 0. The largest absolute Gasteiger partial charge is 0.313 e. The molecule has 0 atom stereocenters. The van der Waals surface area contributed by atoms with Gasteiger partial charge in [0.05, 0.1) is 0 Å². The lowest BCUT2D eigenvalue weighted by Crippen LogP contribution is -2.19. The van der Waals surface area contributed by atoms with E-state index >= 15 is 0 Å². The molecule has 0 aliphatic heterocycles. The summed E-state index contributed by atoms with van der Waals surface area (Å²) in [5.41, 5.74) is 6.30. The van der Waals surface area contributed by atoms with Crippen LogP contribution in [0, 0.1) is 6.04 Å². The zero-order valence-corrected chi connectivity index (χ0v) is 6.37. The van der Waals surface area contributed by atoms with Crippen LogP contribution in [0.15, 0.2) is 30.3 Å². The van der Waals surface area contributed by atoms with Gasteiger partial charge >= 0.3 is 0 Å². The van der Waals surface area contributed by atoms with Gasteiger partial charge in [0.15, 0.2) is 5.78 Å². The van der Waals surface area contributed by atoms with Crippen LogP contribution >= 0.6 is 0 Å². The predicted octanol–water partition coefficient (Wildman–Crippen LogP) is 1.11. The van der Waals surface area contributed by atoms with Crippen LogP contribution in [0.1, 0.15) is 12.5 Å². The Morgan fingerprint density at radius 2 is 1.82 bits per heavy atom. The van der Waals surface area contributed by atoms with E-state index < -0.39 is 0 Å². The van der Waals surface area contributed by atoms with E-state index in [1.54, 1.807) is 0 Å². The van der Waals surface area contributed by atoms with Crippen molar-refractivity contribution in [3.63, 3.8) is 0 Å². The molecule has 0 aliphatic carbocycles. The number of rotatable bonds is 2. The highest BCUT2D eigenvalue weighted by molar-refractivity contribution is 5.92. The number of carbonyl (C=O) groups excluding carboxylic acids is 1. The second-order valence-corrected chi connectivity index (χ2v) is 2.34. The highest BCUT2D eigenvalue weighted by Gasteiger charge is 2.10. The maximum Gasteiger partial charge on any atom is 0.156 e. The second kappa shape index (κ2) is 3.30. The quantitative estimate of drug-likeness (QED) is 0.682. The molecule has 1 radical (unpaired) electrons. The Morgan fingerprint density at radius 3 is 2.27 bits per heavy atom. The van der Waals surface area contributed by atoms with Crippen LogP contribution in [0.25, 0.3) is 0 Å². The van der Waals surface area contributed by atoms with Crippen molar-refractivity contribution < 1.29 is 4.79 Å². The van der Waals surface area contributed by atoms with Crippen LogP contribution in [0.2, 0.25) is 0 Å². The van der Waals surface area contributed by atoms with Crippen LogP contribution in [0.3, 0.4) is 0 Å². The van der Waals surface area contributed by atoms with Gasteiger partial charge in [-0.1, -0.05) is 30.3 Å². The number of hydrogen-bond acceptors (Lipinski definition) is 2. The number of carbonyl (C=O) groups is 1. The monoisotopic (exact) mass is 148 g/mol. The Hall–Kier alpha value is -1.15. The fraction of sp³-hybridized carbons (Fsp3) is 0.111. The first-order valence-electron chi connectivity index (χ1n) is 3.40. The van der Waals surface area contributed by atoms with Gasteiger partial charge in [-0.2, -0.15) is 0 Å². The lowest BCUT2D eigenvalue weighted by atomic mass is 10.1. The average Bonchev–Trinajstić information content (AvgIpc) is 2.05. The summed E-state index contributed by atoms with van der Waals surface area (Å²) in [7, 11) is 0. The molecule has 0 fully saturated rings. The molecule has 0 saturated carbocycles. The smallest absolute Gasteiger partial charge is 0.156 e. The Kier molecular flexibility index (Phi) is 2.39. The van der Waals surface area contributed by atoms with E-state index in [0.29, 0.717) is 6.04 Å². The Balaban J connectivity index is 2.85. The summed E-state index contributed by atoms with van der Waals surface area (Å²) in [6.45, 7) is 1.46. The minimum absolute atomic E-state index is 0.0869. The molecular formula is C9H10NO. The summed E-state index contributed by atoms with van der Waals surface area (Å²) in [6.07, 6.45) is 0. The van der Waals surface area contributed by atoms with Crippen molar-refractivity contribution in [2.45, 2.75) is 6.92 Å². The Bertz CT molecular complexity index is 243. The van der Waals surface area contributed by atoms with Crippen molar-refractivity contribution in [1.82, 2.24) is 0 Å². The summed E-state index contributed by atoms with van der Waals surface area (Å²) in [6, 6.07) is 9.55. The molecule has 0 heterocycles. The minimum Gasteiger partial charge on any atom is -0.313 e. The SMILES string of the molecule is CC(=O)[C](N)c1ccccc1. The average molecular weight is 148 g/mol. The summed E-state index contributed by atoms with van der Waals surface area (Å²) in [4.78, 5) is 10.8. The molecule has 2 N–H and O–H groups in total. The minimum atomic E-state index is -0.0869. The number of Topliss-reactive ketones (excluding diaryl/α,β-unsaturated/α-hetero) is 1. The molecule has 0 bridgehead atoms. The molecule has 11 heavy (non-hydrogen) atoms. The lowest BCUT2D eigenvalue weighted by Gasteiger charge is -2.04. The predicted molar refractivity (Wildman–Crippen MR) is 43.7 cm³/mol. The first kappa shape index (κ1) is 7.95. The zero-order valence-electron chi connectivity index (χ0n) is 6.37. The molecule has 2 nitrogen and oxygen atoms in total. The van der Waals surface area contributed by atoms with E-state index in [9.17, 15) is 4.79 Å². The van der Waals surface area contributed by atoms with E-state index in [1.165, 1.54) is 6.92 Å². The fourth-order valence-electron chi connectivity index (χ4n) is 0.821. The van der Waals surface area contributed by atoms with Crippen LogP contribution in [-0.2, 0) is 4.79 Å². The molecule has 0 aliphatic rings. The van der Waals surface area contributed by atoms with Gasteiger partial charge in [0, 0.05) is 0 Å². The third-order valence-electron chi connectivity index (χ3n) is 1.46. The maximum atomic E-state index is 10.8. The topological polar surface area (TPSA) is 43.1 Å². The van der Waals surface area contributed by atoms with Gasteiger partial charge in [0.25, 0.3) is 0 Å². The van der Waals surface area contributed by atoms with Crippen molar-refractivity contribution >= 4 is 5.78 Å². The van der Waals surface area contributed by atoms with Crippen LogP contribution in [-0.4, -0.2) is 5.78 Å². The summed E-state index contributed by atoms with van der Waals surface area (Å²) in [5, 5.41) is 0. The zero-order chi connectivity index (χ0) is 8.27. The number of ketones is 1. The molecule has 1 rings (SSSR count). The van der Waals surface area contributed by atoms with Gasteiger partial charge in [-0.3, -0.25) is 4.79 Å². The molecule has 0 spiro atoms. The van der Waals surface area contributed by atoms with Crippen LogP contribution in [0.4, 0.5) is 0 Å². The van der Waals surface area contributed by atoms with Crippen molar-refractivity contribution in [2.24, 2.45) is 5.73 Å². The van der Waals surface area contributed by atoms with E-state index in [1.807, 2.05) is 30.3 Å². The van der Waals surface area contributed by atoms with Gasteiger partial charge in [-0.05, 0) is 12.5 Å². The molecule has 57 valence electrons. The normalized spacial score (nSPS) is 10.1. The summed E-state index contributed by atoms with van der Waals surface area (Å²) >= 11 is 0. The third-order valence-corrected chi connectivity index (χ3v) is 1.46. The van der Waals surface area contributed by atoms with E-state index in [-0.39, 0.29) is 5.78 Å². The van der Waals surface area contributed by atoms with Crippen molar-refractivity contribution in [3.05, 3.63) is 41.9 Å². The molecule has 0 unspecified atom stereocenters. The van der Waals surface area contributed by atoms with Crippen molar-refractivity contribution in [3.8, 4) is 0 Å². The molecular weight excluding hydrogens is 138 g/mol.